The van der Waals surface area contributed by atoms with Crippen molar-refractivity contribution >= 4 is 11.6 Å². The summed E-state index contributed by atoms with van der Waals surface area (Å²) in [5, 5.41) is 6.93. The molecule has 1 amide bonds. The van der Waals surface area contributed by atoms with E-state index in [4.69, 9.17) is 9.47 Å². The van der Waals surface area contributed by atoms with Crippen LogP contribution < -0.4 is 14.8 Å². The minimum absolute atomic E-state index is 0.255. The zero-order valence-electron chi connectivity index (χ0n) is 16.2. The maximum atomic E-state index is 12.7. The smallest absolute Gasteiger partial charge is 0.255 e. The Morgan fingerprint density at radius 3 is 2.50 bits per heavy atom. The lowest BCUT2D eigenvalue weighted by Gasteiger charge is -2.11. The normalized spacial score (nSPS) is 10.4. The Labute approximate surface area is 173 Å². The van der Waals surface area contributed by atoms with Crippen molar-refractivity contribution in [2.45, 2.75) is 6.54 Å². The highest BCUT2D eigenvalue weighted by Crippen LogP contribution is 2.28. The summed E-state index contributed by atoms with van der Waals surface area (Å²) in [5.41, 5.74) is 2.02. The van der Waals surface area contributed by atoms with E-state index < -0.39 is 0 Å². The van der Waals surface area contributed by atoms with Crippen LogP contribution in [0.25, 0.3) is 0 Å². The standard InChI is InChI=1S/C22H19N5O3/c1-29-18-8-10-19(11-9-18)30-22-20(3-2-12-24-22)26-21(28)17-6-4-16(5-7-17)13-27-15-23-14-25-27/h2-12,14-15H,13H2,1H3,(H,26,28). The summed E-state index contributed by atoms with van der Waals surface area (Å²) in [6.45, 7) is 0.588. The molecule has 0 bridgehead atoms. The number of nitrogens with one attached hydrogen (secondary N) is 1. The number of pyridine rings is 1. The monoisotopic (exact) mass is 401 g/mol. The molecule has 0 aliphatic carbocycles. The van der Waals surface area contributed by atoms with Crippen molar-refractivity contribution in [3.8, 4) is 17.4 Å². The molecule has 0 radical (unpaired) electrons. The van der Waals surface area contributed by atoms with Gasteiger partial charge in [0.15, 0.2) is 0 Å². The maximum absolute atomic E-state index is 12.7. The summed E-state index contributed by atoms with van der Waals surface area (Å²) in [5.74, 6) is 1.36. The predicted molar refractivity (Wildman–Crippen MR) is 111 cm³/mol. The van der Waals surface area contributed by atoms with Crippen LogP contribution in [0.5, 0.6) is 17.4 Å². The Balaban J connectivity index is 1.45. The van der Waals surface area contributed by atoms with E-state index in [-0.39, 0.29) is 5.91 Å². The van der Waals surface area contributed by atoms with E-state index in [0.29, 0.717) is 29.4 Å². The topological polar surface area (TPSA) is 91.2 Å². The third kappa shape index (κ3) is 4.61. The van der Waals surface area contributed by atoms with Gasteiger partial charge in [-0.05, 0) is 54.1 Å². The molecule has 2 aromatic carbocycles. The molecule has 0 atom stereocenters. The molecule has 2 heterocycles. The zero-order chi connectivity index (χ0) is 20.8. The van der Waals surface area contributed by atoms with Gasteiger partial charge in [-0.25, -0.2) is 14.6 Å². The molecule has 0 aliphatic heterocycles. The summed E-state index contributed by atoms with van der Waals surface area (Å²) in [6.07, 6.45) is 4.74. The van der Waals surface area contributed by atoms with Gasteiger partial charge in [-0.3, -0.25) is 4.79 Å². The molecule has 0 saturated carbocycles. The first-order chi connectivity index (χ1) is 14.7. The maximum Gasteiger partial charge on any atom is 0.255 e. The molecule has 0 aliphatic rings. The first kappa shape index (κ1) is 19.1. The molecule has 2 aromatic heterocycles. The third-order valence-electron chi connectivity index (χ3n) is 4.32. The minimum atomic E-state index is -0.255. The van der Waals surface area contributed by atoms with Crippen LogP contribution in [0.2, 0.25) is 0 Å². The van der Waals surface area contributed by atoms with Gasteiger partial charge in [-0.15, -0.1) is 0 Å². The number of nitrogens with zero attached hydrogens (tertiary/aromatic N) is 4. The molecule has 0 unspecified atom stereocenters. The molecule has 4 rings (SSSR count). The number of methoxy groups -OCH3 is 1. The first-order valence-corrected chi connectivity index (χ1v) is 9.21. The van der Waals surface area contributed by atoms with E-state index in [1.54, 1.807) is 72.8 Å². The molecule has 0 saturated heterocycles. The van der Waals surface area contributed by atoms with Crippen LogP contribution in [-0.2, 0) is 6.54 Å². The van der Waals surface area contributed by atoms with E-state index in [2.05, 4.69) is 20.4 Å². The second-order valence-electron chi connectivity index (χ2n) is 6.38. The van der Waals surface area contributed by atoms with Crippen molar-refractivity contribution in [2.24, 2.45) is 0 Å². The molecular weight excluding hydrogens is 382 g/mol. The number of benzene rings is 2. The summed E-state index contributed by atoms with van der Waals surface area (Å²) >= 11 is 0. The van der Waals surface area contributed by atoms with Crippen LogP contribution in [0.4, 0.5) is 5.69 Å². The second-order valence-corrected chi connectivity index (χ2v) is 6.38. The van der Waals surface area contributed by atoms with Gasteiger partial charge in [-0.1, -0.05) is 12.1 Å². The largest absolute Gasteiger partial charge is 0.497 e. The lowest BCUT2D eigenvalue weighted by atomic mass is 10.1. The summed E-state index contributed by atoms with van der Waals surface area (Å²) in [4.78, 5) is 20.8. The van der Waals surface area contributed by atoms with Crippen LogP contribution in [0.1, 0.15) is 15.9 Å². The average Bonchev–Trinajstić information content (AvgIpc) is 3.29. The molecule has 1 N–H and O–H groups in total. The van der Waals surface area contributed by atoms with Gasteiger partial charge in [0.25, 0.3) is 5.91 Å². The Hall–Kier alpha value is -4.20. The number of hydrogen-bond acceptors (Lipinski definition) is 6. The number of ether oxygens (including phenoxy) is 2. The van der Waals surface area contributed by atoms with Crippen LogP contribution in [0.3, 0.4) is 0 Å². The molecule has 8 heteroatoms. The van der Waals surface area contributed by atoms with Gasteiger partial charge >= 0.3 is 0 Å². The number of hydrogen-bond donors (Lipinski definition) is 1. The van der Waals surface area contributed by atoms with E-state index >= 15 is 0 Å². The number of rotatable bonds is 7. The van der Waals surface area contributed by atoms with Crippen molar-refractivity contribution in [1.29, 1.82) is 0 Å². The van der Waals surface area contributed by atoms with Gasteiger partial charge in [0, 0.05) is 11.8 Å². The Bertz CT molecular complexity index is 1110. The molecule has 0 fully saturated rings. The first-order valence-electron chi connectivity index (χ1n) is 9.21. The van der Waals surface area contributed by atoms with Gasteiger partial charge in [0.05, 0.1) is 13.7 Å². The second kappa shape index (κ2) is 8.87. The predicted octanol–water partition coefficient (Wildman–Crippen LogP) is 3.77. The summed E-state index contributed by atoms with van der Waals surface area (Å²) < 4.78 is 12.7. The molecule has 0 spiro atoms. The molecule has 150 valence electrons. The quantitative estimate of drug-likeness (QED) is 0.507. The lowest BCUT2D eigenvalue weighted by Crippen LogP contribution is -2.13. The van der Waals surface area contributed by atoms with E-state index in [1.807, 2.05) is 12.1 Å². The fraction of sp³-hybridized carbons (Fsp3) is 0.0909. The van der Waals surface area contributed by atoms with Crippen LogP contribution in [-0.4, -0.2) is 32.8 Å². The van der Waals surface area contributed by atoms with Gasteiger partial charge in [-0.2, -0.15) is 5.10 Å². The third-order valence-corrected chi connectivity index (χ3v) is 4.32. The molecule has 4 aromatic rings. The number of carbonyl (C=O) groups excluding carboxylic acids is 1. The minimum Gasteiger partial charge on any atom is -0.497 e. The number of amides is 1. The number of anilines is 1. The van der Waals surface area contributed by atoms with Gasteiger partial charge in [0.2, 0.25) is 5.88 Å². The Morgan fingerprint density at radius 1 is 1.03 bits per heavy atom. The van der Waals surface area contributed by atoms with Crippen molar-refractivity contribution in [3.05, 3.63) is 90.6 Å². The zero-order valence-corrected chi connectivity index (χ0v) is 16.2. The van der Waals surface area contributed by atoms with Gasteiger partial charge < -0.3 is 14.8 Å². The fourth-order valence-corrected chi connectivity index (χ4v) is 2.78. The highest BCUT2D eigenvalue weighted by Gasteiger charge is 2.12. The SMILES string of the molecule is COc1ccc(Oc2ncccc2NC(=O)c2ccc(Cn3cncn3)cc2)cc1. The van der Waals surface area contributed by atoms with E-state index in [1.165, 1.54) is 6.33 Å². The van der Waals surface area contributed by atoms with Crippen molar-refractivity contribution < 1.29 is 14.3 Å². The lowest BCUT2D eigenvalue weighted by molar-refractivity contribution is 0.102. The van der Waals surface area contributed by atoms with Crippen LogP contribution in [0, 0.1) is 0 Å². The van der Waals surface area contributed by atoms with Crippen LogP contribution in [0.15, 0.2) is 79.5 Å². The molecule has 8 nitrogen and oxygen atoms in total. The summed E-state index contributed by atoms with van der Waals surface area (Å²) in [7, 11) is 1.60. The van der Waals surface area contributed by atoms with E-state index in [9.17, 15) is 4.79 Å². The van der Waals surface area contributed by atoms with E-state index in [0.717, 1.165) is 11.3 Å². The van der Waals surface area contributed by atoms with Crippen molar-refractivity contribution in [1.82, 2.24) is 19.7 Å². The van der Waals surface area contributed by atoms with Crippen molar-refractivity contribution in [3.63, 3.8) is 0 Å². The number of carbonyl (C=O) groups is 1. The van der Waals surface area contributed by atoms with Gasteiger partial charge in [0.1, 0.15) is 29.8 Å². The number of aromatic nitrogens is 4. The molecule has 30 heavy (non-hydrogen) atoms. The van der Waals surface area contributed by atoms with Crippen molar-refractivity contribution in [2.75, 3.05) is 12.4 Å². The fourth-order valence-electron chi connectivity index (χ4n) is 2.78. The summed E-state index contributed by atoms with van der Waals surface area (Å²) in [6, 6.07) is 17.9. The average molecular weight is 401 g/mol. The molecular formula is C22H19N5O3. The Kier molecular flexibility index (Phi) is 5.66. The Morgan fingerprint density at radius 2 is 1.80 bits per heavy atom. The van der Waals surface area contributed by atoms with Crippen LogP contribution >= 0.6 is 0 Å². The highest BCUT2D eigenvalue weighted by molar-refractivity contribution is 6.04. The highest BCUT2D eigenvalue weighted by atomic mass is 16.5.